The van der Waals surface area contributed by atoms with Crippen molar-refractivity contribution in [2.75, 3.05) is 16.4 Å². The summed E-state index contributed by atoms with van der Waals surface area (Å²) in [6.45, 7) is -0.0108. The molecular weight excluding hydrogens is 564 g/mol. The van der Waals surface area contributed by atoms with Gasteiger partial charge in [0, 0.05) is 10.0 Å². The van der Waals surface area contributed by atoms with E-state index in [9.17, 15) is 14.4 Å². The Labute approximate surface area is 213 Å². The molecule has 168 valence electrons. The van der Waals surface area contributed by atoms with Crippen molar-refractivity contribution in [3.8, 4) is 18.1 Å². The molecule has 1 aliphatic heterocycles. The van der Waals surface area contributed by atoms with E-state index in [2.05, 4.69) is 37.8 Å². The van der Waals surface area contributed by atoms with Crippen molar-refractivity contribution >= 4 is 67.2 Å². The highest BCUT2D eigenvalue weighted by atomic mass is 79.9. The van der Waals surface area contributed by atoms with E-state index in [1.807, 2.05) is 0 Å². The fourth-order valence-electron chi connectivity index (χ4n) is 3.45. The molecule has 1 aliphatic rings. The van der Waals surface area contributed by atoms with Crippen LogP contribution in [-0.2, 0) is 9.59 Å². The first kappa shape index (κ1) is 23.5. The average molecular weight is 580 g/mol. The zero-order valence-corrected chi connectivity index (χ0v) is 20.7. The van der Waals surface area contributed by atoms with Gasteiger partial charge >= 0.3 is 6.03 Å². The number of terminal acetylenes is 1. The maximum Gasteiger partial charge on any atom is 0.343 e. The Morgan fingerprint density at radius 2 is 1.38 bits per heavy atom. The van der Waals surface area contributed by atoms with E-state index in [-0.39, 0.29) is 12.2 Å². The summed E-state index contributed by atoms with van der Waals surface area (Å²) in [5.41, 5.74) is 0.915. The molecule has 0 aromatic heterocycles. The van der Waals surface area contributed by atoms with Crippen molar-refractivity contribution in [3.05, 3.63) is 92.9 Å². The van der Waals surface area contributed by atoms with Gasteiger partial charge in [-0.3, -0.25) is 9.59 Å². The topological polar surface area (TPSA) is 66.9 Å². The highest BCUT2D eigenvalue weighted by Crippen LogP contribution is 2.36. The molecule has 0 aliphatic carbocycles. The molecule has 4 rings (SSSR count). The number of urea groups is 1. The summed E-state index contributed by atoms with van der Waals surface area (Å²) in [5, 5.41) is 0. The van der Waals surface area contributed by atoms with Crippen molar-refractivity contribution < 1.29 is 19.1 Å². The predicted molar refractivity (Wildman–Crippen MR) is 137 cm³/mol. The number of nitrogens with zero attached hydrogens (tertiary/aromatic N) is 2. The van der Waals surface area contributed by atoms with Gasteiger partial charge in [-0.25, -0.2) is 14.6 Å². The third-order valence-electron chi connectivity index (χ3n) is 4.92. The molecule has 1 saturated heterocycles. The van der Waals surface area contributed by atoms with Crippen molar-refractivity contribution in [1.29, 1.82) is 0 Å². The highest BCUT2D eigenvalue weighted by molar-refractivity contribution is 9.11. The maximum atomic E-state index is 13.5. The molecule has 0 bridgehead atoms. The fourth-order valence-corrected chi connectivity index (χ4v) is 4.82. The van der Waals surface area contributed by atoms with Gasteiger partial charge in [-0.2, -0.15) is 0 Å². The summed E-state index contributed by atoms with van der Waals surface area (Å²) in [6.07, 6.45) is 6.75. The Kier molecular flexibility index (Phi) is 6.96. The second kappa shape index (κ2) is 10.1. The van der Waals surface area contributed by atoms with E-state index in [0.717, 1.165) is 9.80 Å². The summed E-state index contributed by atoms with van der Waals surface area (Å²) >= 11 is 6.85. The van der Waals surface area contributed by atoms with Gasteiger partial charge in [0.05, 0.1) is 15.8 Å². The number of imide groups is 2. The van der Waals surface area contributed by atoms with Gasteiger partial charge in [0.2, 0.25) is 0 Å². The summed E-state index contributed by atoms with van der Waals surface area (Å²) in [7, 11) is 0. The number of rotatable bonds is 5. The number of amides is 4. The smallest absolute Gasteiger partial charge is 0.343 e. The van der Waals surface area contributed by atoms with Gasteiger partial charge in [-0.05, 0) is 58.4 Å². The second-order valence-corrected chi connectivity index (χ2v) is 8.86. The number of benzene rings is 3. The third-order valence-corrected chi connectivity index (χ3v) is 5.96. The lowest BCUT2D eigenvalue weighted by atomic mass is 10.0. The van der Waals surface area contributed by atoms with Crippen LogP contribution in [0, 0.1) is 12.3 Å². The van der Waals surface area contributed by atoms with Crippen LogP contribution in [0.4, 0.5) is 16.2 Å². The lowest BCUT2D eigenvalue weighted by molar-refractivity contribution is -0.121. The van der Waals surface area contributed by atoms with Crippen molar-refractivity contribution in [1.82, 2.24) is 0 Å². The van der Waals surface area contributed by atoms with E-state index in [1.54, 1.807) is 72.8 Å². The van der Waals surface area contributed by atoms with E-state index < -0.39 is 17.8 Å². The molecule has 4 amide bonds. The number of para-hydroxylation sites is 2. The van der Waals surface area contributed by atoms with E-state index >= 15 is 0 Å². The zero-order valence-electron chi connectivity index (χ0n) is 17.6. The average Bonchev–Trinajstić information content (AvgIpc) is 2.82. The predicted octanol–water partition coefficient (Wildman–Crippen LogP) is 5.81. The van der Waals surface area contributed by atoms with Crippen molar-refractivity contribution in [2.24, 2.45) is 0 Å². The number of carbonyl (C=O) groups is 3. The van der Waals surface area contributed by atoms with Crippen LogP contribution in [0.5, 0.6) is 5.75 Å². The molecule has 6 nitrogen and oxygen atoms in total. The first-order valence-corrected chi connectivity index (χ1v) is 11.6. The van der Waals surface area contributed by atoms with E-state index in [4.69, 9.17) is 11.2 Å². The van der Waals surface area contributed by atoms with E-state index in [0.29, 0.717) is 31.6 Å². The van der Waals surface area contributed by atoms with Crippen LogP contribution >= 0.6 is 31.9 Å². The maximum absolute atomic E-state index is 13.5. The molecule has 1 heterocycles. The van der Waals surface area contributed by atoms with Crippen LogP contribution in [-0.4, -0.2) is 24.5 Å². The Hall–Kier alpha value is -3.67. The number of ether oxygens (including phenoxy) is 1. The van der Waals surface area contributed by atoms with Crippen LogP contribution in [0.3, 0.4) is 0 Å². The Balaban J connectivity index is 1.90. The molecule has 0 radical (unpaired) electrons. The molecule has 3 aromatic carbocycles. The molecule has 3 aromatic rings. The van der Waals surface area contributed by atoms with Gasteiger partial charge in [0.15, 0.2) is 0 Å². The normalized spacial score (nSPS) is 13.7. The Morgan fingerprint density at radius 1 is 0.853 bits per heavy atom. The Bertz CT molecular complexity index is 1280. The van der Waals surface area contributed by atoms with Gasteiger partial charge in [-0.1, -0.05) is 58.2 Å². The molecule has 0 N–H and O–H groups in total. The molecule has 0 atom stereocenters. The second-order valence-electron chi connectivity index (χ2n) is 7.09. The van der Waals surface area contributed by atoms with Gasteiger partial charge in [0.1, 0.15) is 17.9 Å². The summed E-state index contributed by atoms with van der Waals surface area (Å²) in [4.78, 5) is 42.4. The molecule has 8 heteroatoms. The number of hydrogen-bond donors (Lipinski definition) is 0. The molecule has 0 unspecified atom stereocenters. The standard InChI is InChI=1S/C26H16Br2N2O4/c1-2-13-34-23-17(14-18(27)16-22(23)28)15-21-24(31)29(19-9-5-3-6-10-19)26(33)30(25(21)32)20-11-7-4-8-12-20/h1,3-12,14-16H,13H2. The van der Waals surface area contributed by atoms with Crippen LogP contribution in [0.25, 0.3) is 6.08 Å². The number of barbiturate groups is 1. The fraction of sp³-hybridized carbons (Fsp3) is 0.0385. The lowest BCUT2D eigenvalue weighted by Gasteiger charge is -2.34. The Morgan fingerprint density at radius 3 is 1.88 bits per heavy atom. The lowest BCUT2D eigenvalue weighted by Crippen LogP contribution is -2.57. The largest absolute Gasteiger partial charge is 0.479 e. The van der Waals surface area contributed by atoms with Gasteiger partial charge < -0.3 is 4.74 Å². The number of carbonyl (C=O) groups excluding carboxylic acids is 3. The minimum Gasteiger partial charge on any atom is -0.479 e. The minimum absolute atomic E-state index is 0.0108. The SMILES string of the molecule is C#CCOc1c(Br)cc(Br)cc1C=C1C(=O)N(c2ccccc2)C(=O)N(c2ccccc2)C1=O. The third kappa shape index (κ3) is 4.53. The number of hydrogen-bond acceptors (Lipinski definition) is 4. The minimum atomic E-state index is -0.760. The van der Waals surface area contributed by atoms with Crippen molar-refractivity contribution in [2.45, 2.75) is 0 Å². The van der Waals surface area contributed by atoms with E-state index in [1.165, 1.54) is 6.08 Å². The summed E-state index contributed by atoms with van der Waals surface area (Å²) in [5.74, 6) is 1.28. The van der Waals surface area contributed by atoms with Crippen LogP contribution in [0.2, 0.25) is 0 Å². The first-order valence-electron chi connectivity index (χ1n) is 10.0. The quantitative estimate of drug-likeness (QED) is 0.217. The summed E-state index contributed by atoms with van der Waals surface area (Å²) < 4.78 is 6.93. The van der Waals surface area contributed by atoms with Gasteiger partial charge in [-0.15, -0.1) is 6.42 Å². The number of halogens is 2. The number of anilines is 2. The van der Waals surface area contributed by atoms with Crippen molar-refractivity contribution in [3.63, 3.8) is 0 Å². The monoisotopic (exact) mass is 578 g/mol. The molecule has 0 saturated carbocycles. The molecular formula is C26H16Br2N2O4. The highest BCUT2D eigenvalue weighted by Gasteiger charge is 2.43. The molecule has 0 spiro atoms. The summed E-state index contributed by atoms with van der Waals surface area (Å²) in [6, 6.07) is 19.6. The van der Waals surface area contributed by atoms with Crippen LogP contribution < -0.4 is 14.5 Å². The zero-order chi connectivity index (χ0) is 24.2. The first-order chi connectivity index (χ1) is 16.4. The molecule has 34 heavy (non-hydrogen) atoms. The van der Waals surface area contributed by atoms with Gasteiger partial charge in [0.25, 0.3) is 11.8 Å². The molecule has 1 fully saturated rings. The van der Waals surface area contributed by atoms with Crippen LogP contribution in [0.15, 0.2) is 87.3 Å². The van der Waals surface area contributed by atoms with Crippen LogP contribution in [0.1, 0.15) is 5.56 Å².